The van der Waals surface area contributed by atoms with Gasteiger partial charge in [0, 0.05) is 63.1 Å². The monoisotopic (exact) mass is 787 g/mol. The summed E-state index contributed by atoms with van der Waals surface area (Å²) in [5.74, 6) is 2.00. The summed E-state index contributed by atoms with van der Waals surface area (Å²) in [6, 6.07) is 3.09. The highest BCUT2D eigenvalue weighted by molar-refractivity contribution is 8.06. The molecule has 18 nitrogen and oxygen atoms in total. The third-order valence-corrected chi connectivity index (χ3v) is 9.71. The molecule has 0 aliphatic carbocycles. The lowest BCUT2D eigenvalue weighted by atomic mass is 10.1. The molecule has 8 heterocycles. The van der Waals surface area contributed by atoms with E-state index in [1.54, 1.807) is 18.5 Å². The van der Waals surface area contributed by atoms with E-state index in [-0.39, 0.29) is 24.1 Å². The maximum atomic E-state index is 13.0. The number of nitrogens with zero attached hydrogens (tertiary/aromatic N) is 12. The molecule has 23 heteroatoms. The van der Waals surface area contributed by atoms with Crippen LogP contribution in [0.4, 0.5) is 29.2 Å². The van der Waals surface area contributed by atoms with Gasteiger partial charge in [-0.1, -0.05) is 0 Å². The van der Waals surface area contributed by atoms with Gasteiger partial charge in [0.2, 0.25) is 0 Å². The molecule has 2 atom stereocenters. The first-order valence-corrected chi connectivity index (χ1v) is 19.0. The molecule has 2 aliphatic heterocycles. The average Bonchev–Trinajstić information content (AvgIpc) is 3.78. The largest absolute Gasteiger partial charge is 0.355 e. The number of fused-ring (bicyclic) bond motifs is 2. The molecular formula is C32H37F4N15O3S. The Morgan fingerprint density at radius 1 is 0.727 bits per heavy atom. The van der Waals surface area contributed by atoms with Gasteiger partial charge in [-0.2, -0.15) is 4.21 Å². The number of aromatic nitrogens is 10. The van der Waals surface area contributed by atoms with Crippen LogP contribution in [-0.2, 0) is 10.00 Å². The molecule has 0 spiro atoms. The van der Waals surface area contributed by atoms with E-state index in [1.165, 1.54) is 46.0 Å². The van der Waals surface area contributed by atoms with Crippen molar-refractivity contribution in [3.8, 4) is 23.0 Å². The predicted octanol–water partition coefficient (Wildman–Crippen LogP) is 3.29. The molecule has 7 N–H and O–H groups in total. The molecular weight excluding hydrogens is 751 g/mol. The van der Waals surface area contributed by atoms with Crippen molar-refractivity contribution in [3.63, 3.8) is 0 Å². The number of hydrogen-bond acceptors (Lipinski definition) is 12. The molecule has 0 saturated carbocycles. The van der Waals surface area contributed by atoms with Crippen molar-refractivity contribution in [1.29, 1.82) is 0 Å². The van der Waals surface area contributed by atoms with Gasteiger partial charge in [-0.05, 0) is 37.8 Å². The lowest BCUT2D eigenvalue weighted by molar-refractivity contribution is 0.145. The Labute approximate surface area is 310 Å². The van der Waals surface area contributed by atoms with Crippen LogP contribution in [0.5, 0.6) is 0 Å². The number of halogens is 4. The molecule has 2 aliphatic rings. The molecule has 0 unspecified atom stereocenters. The van der Waals surface area contributed by atoms with E-state index in [0.29, 0.717) is 53.7 Å². The van der Waals surface area contributed by atoms with Gasteiger partial charge in [0.1, 0.15) is 34.4 Å². The topological polar surface area (TPSA) is 240 Å². The van der Waals surface area contributed by atoms with Crippen molar-refractivity contribution >= 4 is 32.9 Å². The SMILES string of the molecule is NS(=O)(O)(O)N[C@H]1CCCN(c2ccnc(-c3cnc4cnc(C(F)F)cn34)n2)C1.N[C@H]1CCCN(c2ccnc(-c3cnc4cnc(C(F)F)cn34)n2)C1. The fraction of sp³-hybridized carbons (Fsp3) is 0.375. The molecule has 292 valence electrons. The summed E-state index contributed by atoms with van der Waals surface area (Å²) in [7, 11) is -5.33. The number of anilines is 2. The molecule has 0 radical (unpaired) electrons. The van der Waals surface area contributed by atoms with E-state index in [9.17, 15) is 30.9 Å². The molecule has 2 fully saturated rings. The summed E-state index contributed by atoms with van der Waals surface area (Å²) in [6.45, 7) is 2.52. The standard InChI is InChI=1S/C16H20F2N8O3S.C16H17F2N7/c17-15(18)11-9-26-12(6-22-14(26)7-21-11)16-20-4-3-13(23-16)25-5-1-2-10(8-25)24-30(19,27,28)29;17-15(18)11-9-25-12(6-22-14(25)7-21-11)16-20-4-3-13(23-16)24-5-1-2-10(19)8-24/h3-4,6-7,9-10,15H,1-2,5,8H2,(H5,19,24,27,28,29);3-4,6-7,9-10,15H,1-2,5,8,19H2/t2*10-/m00/s1. The fourth-order valence-electron chi connectivity index (χ4n) is 6.47. The highest BCUT2D eigenvalue weighted by Crippen LogP contribution is 2.26. The Morgan fingerprint density at radius 2 is 1.22 bits per heavy atom. The lowest BCUT2D eigenvalue weighted by Crippen LogP contribution is -2.61. The van der Waals surface area contributed by atoms with E-state index in [1.807, 2.05) is 11.0 Å². The van der Waals surface area contributed by atoms with Crippen molar-refractivity contribution < 1.29 is 30.9 Å². The summed E-state index contributed by atoms with van der Waals surface area (Å²) < 4.78 is 87.4. The number of imidazole rings is 2. The van der Waals surface area contributed by atoms with Crippen molar-refractivity contribution in [2.24, 2.45) is 10.9 Å². The number of nitrogens with two attached hydrogens (primary N) is 2. The summed E-state index contributed by atoms with van der Waals surface area (Å²) >= 11 is 0. The first-order valence-electron chi connectivity index (χ1n) is 17.1. The molecule has 0 aromatic carbocycles. The van der Waals surface area contributed by atoms with Crippen LogP contribution in [0.1, 0.15) is 49.9 Å². The highest BCUT2D eigenvalue weighted by atomic mass is 32.3. The number of rotatable bonds is 8. The van der Waals surface area contributed by atoms with Crippen LogP contribution in [0.2, 0.25) is 0 Å². The van der Waals surface area contributed by atoms with Gasteiger partial charge < -0.3 is 15.5 Å². The summed E-state index contributed by atoms with van der Waals surface area (Å²) in [5, 5.41) is 5.01. The van der Waals surface area contributed by atoms with Crippen LogP contribution in [0.15, 0.2) is 61.7 Å². The molecule has 55 heavy (non-hydrogen) atoms. The van der Waals surface area contributed by atoms with Gasteiger partial charge in [0.05, 0.1) is 24.8 Å². The number of piperidine rings is 2. The van der Waals surface area contributed by atoms with Crippen LogP contribution in [-0.4, -0.2) is 100 Å². The van der Waals surface area contributed by atoms with Gasteiger partial charge >= 0.3 is 0 Å². The van der Waals surface area contributed by atoms with Crippen molar-refractivity contribution in [2.75, 3.05) is 36.0 Å². The molecule has 2 saturated heterocycles. The van der Waals surface area contributed by atoms with Gasteiger partial charge in [-0.3, -0.25) is 17.9 Å². The zero-order valence-corrected chi connectivity index (χ0v) is 29.8. The van der Waals surface area contributed by atoms with E-state index in [2.05, 4.69) is 49.5 Å². The summed E-state index contributed by atoms with van der Waals surface area (Å²) in [5.41, 5.74) is 7.13. The van der Waals surface area contributed by atoms with E-state index in [0.717, 1.165) is 31.7 Å². The Kier molecular flexibility index (Phi) is 10.4. The highest BCUT2D eigenvalue weighted by Gasteiger charge is 2.31. The van der Waals surface area contributed by atoms with Gasteiger partial charge in [-0.15, -0.1) is 0 Å². The van der Waals surface area contributed by atoms with E-state index in [4.69, 9.17) is 10.9 Å². The average molecular weight is 788 g/mol. The zero-order chi connectivity index (χ0) is 38.9. The summed E-state index contributed by atoms with van der Waals surface area (Å²) in [6.07, 6.45) is 9.10. The van der Waals surface area contributed by atoms with Gasteiger partial charge in [-0.25, -0.2) is 67.3 Å². The maximum absolute atomic E-state index is 13.0. The number of nitrogens with one attached hydrogen (secondary N) is 1. The molecule has 0 bridgehead atoms. The second-order valence-electron chi connectivity index (χ2n) is 13.1. The predicted molar refractivity (Wildman–Crippen MR) is 193 cm³/mol. The van der Waals surface area contributed by atoms with Crippen molar-refractivity contribution in [1.82, 2.24) is 53.4 Å². The molecule has 0 amide bonds. The van der Waals surface area contributed by atoms with Gasteiger partial charge in [0.15, 0.2) is 32.9 Å². The van der Waals surface area contributed by atoms with E-state index >= 15 is 0 Å². The Morgan fingerprint density at radius 3 is 1.69 bits per heavy atom. The first kappa shape index (κ1) is 38.0. The number of hydrogen-bond donors (Lipinski definition) is 5. The Hall–Kier alpha value is -5.33. The number of alkyl halides is 4. The summed E-state index contributed by atoms with van der Waals surface area (Å²) in [4.78, 5) is 37.3. The van der Waals surface area contributed by atoms with Crippen LogP contribution < -0.4 is 25.4 Å². The maximum Gasteiger partial charge on any atom is 0.281 e. The lowest BCUT2D eigenvalue weighted by Gasteiger charge is -2.38. The second kappa shape index (κ2) is 15.1. The quantitative estimate of drug-likeness (QED) is 0.139. The van der Waals surface area contributed by atoms with Crippen LogP contribution >= 0.6 is 0 Å². The third-order valence-electron chi connectivity index (χ3n) is 8.93. The first-order chi connectivity index (χ1) is 26.2. The fourth-order valence-corrected chi connectivity index (χ4v) is 7.29. The minimum absolute atomic E-state index is 0.127. The van der Waals surface area contributed by atoms with Crippen molar-refractivity contribution in [2.45, 2.75) is 50.6 Å². The molecule has 6 aromatic rings. The minimum atomic E-state index is -5.33. The normalized spacial score (nSPS) is 18.8. The smallest absolute Gasteiger partial charge is 0.281 e. The van der Waals surface area contributed by atoms with Gasteiger partial charge in [0.25, 0.3) is 12.9 Å². The Bertz CT molecular complexity index is 2360. The molecule has 8 rings (SSSR count). The van der Waals surface area contributed by atoms with Crippen LogP contribution in [0.25, 0.3) is 34.3 Å². The van der Waals surface area contributed by atoms with Crippen LogP contribution in [0, 0.1) is 0 Å². The van der Waals surface area contributed by atoms with Crippen molar-refractivity contribution in [3.05, 3.63) is 73.1 Å². The second-order valence-corrected chi connectivity index (χ2v) is 15.2. The zero-order valence-electron chi connectivity index (χ0n) is 29.0. The van der Waals surface area contributed by atoms with Crippen LogP contribution in [0.3, 0.4) is 0 Å². The minimum Gasteiger partial charge on any atom is -0.355 e. The van der Waals surface area contributed by atoms with E-state index < -0.39 is 34.6 Å². The third kappa shape index (κ3) is 8.98. The Balaban J connectivity index is 0.000000172. The molecule has 6 aromatic heterocycles.